The molecule has 0 amide bonds. The summed E-state index contributed by atoms with van der Waals surface area (Å²) in [6, 6.07) is 10.1. The topological polar surface area (TPSA) is 9.23 Å². The van der Waals surface area contributed by atoms with Crippen LogP contribution in [0.2, 0.25) is 6.04 Å². The van der Waals surface area contributed by atoms with Crippen LogP contribution in [0.3, 0.4) is 0 Å². The molecule has 5 heteroatoms. The molecule has 1 aliphatic rings. The largest absolute Gasteiger partial charge is 0.494 e. The Morgan fingerprint density at radius 1 is 1.00 bits per heavy atom. The second-order valence-electron chi connectivity index (χ2n) is 7.00. The lowest BCUT2D eigenvalue weighted by Crippen LogP contribution is -2.13. The molecule has 0 unspecified atom stereocenters. The SMILES string of the molecule is CCCC1CCC(c2ccc(OCCCC[Si](Br)(Br)Br)cc2)CC1. The van der Waals surface area contributed by atoms with Crippen LogP contribution < -0.4 is 4.74 Å². The van der Waals surface area contributed by atoms with Gasteiger partial charge in [-0.1, -0.05) is 84.2 Å². The van der Waals surface area contributed by atoms with E-state index in [4.69, 9.17) is 4.74 Å². The van der Waals surface area contributed by atoms with Crippen LogP contribution in [-0.4, -0.2) is 10.5 Å². The highest BCUT2D eigenvalue weighted by molar-refractivity contribution is 9.72. The Kier molecular flexibility index (Phi) is 9.39. The monoisotopic (exact) mass is 538 g/mol. The first-order valence-corrected chi connectivity index (χ1v) is 18.2. The first-order valence-electron chi connectivity index (χ1n) is 9.27. The highest BCUT2D eigenvalue weighted by atomic mass is 80.0. The number of halogens is 3. The zero-order valence-electron chi connectivity index (χ0n) is 14.6. The molecule has 0 heterocycles. The van der Waals surface area contributed by atoms with E-state index < -0.39 is 3.93 Å². The molecule has 1 fully saturated rings. The van der Waals surface area contributed by atoms with Crippen molar-refractivity contribution in [3.8, 4) is 5.75 Å². The molecule has 1 nitrogen and oxygen atoms in total. The first-order chi connectivity index (χ1) is 11.5. The highest BCUT2D eigenvalue weighted by Gasteiger charge is 2.22. The minimum atomic E-state index is -1.44. The van der Waals surface area contributed by atoms with Crippen LogP contribution in [-0.2, 0) is 0 Å². The van der Waals surface area contributed by atoms with Crippen molar-refractivity contribution in [2.45, 2.75) is 70.3 Å². The fourth-order valence-electron chi connectivity index (χ4n) is 3.65. The second kappa shape index (κ2) is 10.7. The average Bonchev–Trinajstić information content (AvgIpc) is 2.55. The number of unbranched alkanes of at least 4 members (excludes halogenated alkanes) is 1. The van der Waals surface area contributed by atoms with Gasteiger partial charge in [-0.2, -0.15) is 0 Å². The molecule has 0 saturated heterocycles. The van der Waals surface area contributed by atoms with E-state index in [9.17, 15) is 0 Å². The van der Waals surface area contributed by atoms with E-state index in [-0.39, 0.29) is 0 Å². The third-order valence-electron chi connectivity index (χ3n) is 5.02. The minimum absolute atomic E-state index is 0.766. The lowest BCUT2D eigenvalue weighted by molar-refractivity contribution is 0.304. The number of hydrogen-bond donors (Lipinski definition) is 0. The van der Waals surface area contributed by atoms with E-state index >= 15 is 0 Å². The van der Waals surface area contributed by atoms with Gasteiger partial charge < -0.3 is 4.74 Å². The predicted molar refractivity (Wildman–Crippen MR) is 118 cm³/mol. The Morgan fingerprint density at radius 3 is 2.25 bits per heavy atom. The van der Waals surface area contributed by atoms with E-state index in [0.29, 0.717) is 0 Å². The van der Waals surface area contributed by atoms with Gasteiger partial charge in [0, 0.05) is 0 Å². The maximum atomic E-state index is 5.88. The summed E-state index contributed by atoms with van der Waals surface area (Å²) >= 11 is 11.0. The molecule has 0 spiro atoms. The van der Waals surface area contributed by atoms with Gasteiger partial charge in [0.15, 0.2) is 0 Å². The third kappa shape index (κ3) is 7.92. The molecular weight excluding hydrogens is 512 g/mol. The van der Waals surface area contributed by atoms with Crippen LogP contribution in [0.15, 0.2) is 24.3 Å². The highest BCUT2D eigenvalue weighted by Crippen LogP contribution is 2.38. The molecule has 1 aliphatic carbocycles. The summed E-state index contributed by atoms with van der Waals surface area (Å²) in [6.07, 6.45) is 10.6. The number of hydrogen-bond acceptors (Lipinski definition) is 1. The summed E-state index contributed by atoms with van der Waals surface area (Å²) in [6.45, 7) is 3.11. The minimum Gasteiger partial charge on any atom is -0.494 e. The van der Waals surface area contributed by atoms with Crippen LogP contribution in [0, 0.1) is 5.92 Å². The van der Waals surface area contributed by atoms with Gasteiger partial charge in [-0.25, -0.2) is 0 Å². The molecule has 1 saturated carbocycles. The van der Waals surface area contributed by atoms with Crippen molar-refractivity contribution < 1.29 is 4.74 Å². The molecular formula is C19H29Br3OSi. The van der Waals surface area contributed by atoms with Crippen molar-refractivity contribution in [2.24, 2.45) is 5.92 Å². The zero-order chi connectivity index (χ0) is 17.4. The molecule has 2 rings (SSSR count). The van der Waals surface area contributed by atoms with Gasteiger partial charge in [0.1, 0.15) is 5.75 Å². The number of rotatable bonds is 9. The Balaban J connectivity index is 1.69. The van der Waals surface area contributed by atoms with Gasteiger partial charge in [0.05, 0.1) is 6.61 Å². The van der Waals surface area contributed by atoms with E-state index in [2.05, 4.69) is 77.1 Å². The standard InChI is InChI=1S/C19H29Br3OSi/c1-2-5-16-6-8-17(9-7-16)18-10-12-19(13-11-18)23-14-3-4-15-24(20,21)22/h10-13,16-17H,2-9,14-15H2,1H3. The summed E-state index contributed by atoms with van der Waals surface area (Å²) in [4.78, 5) is 0. The van der Waals surface area contributed by atoms with Gasteiger partial charge in [-0.15, -0.1) is 0 Å². The van der Waals surface area contributed by atoms with Crippen LogP contribution in [0.25, 0.3) is 0 Å². The van der Waals surface area contributed by atoms with Crippen LogP contribution in [0.1, 0.15) is 69.8 Å². The smallest absolute Gasteiger partial charge is 0.267 e. The maximum absolute atomic E-state index is 5.88. The number of benzene rings is 1. The summed E-state index contributed by atoms with van der Waals surface area (Å²) in [7, 11) is 0. The van der Waals surface area contributed by atoms with Gasteiger partial charge in [0.25, 0.3) is 3.93 Å². The Bertz CT molecular complexity index is 464. The Morgan fingerprint density at radius 2 is 1.67 bits per heavy atom. The van der Waals surface area contributed by atoms with Crippen molar-refractivity contribution in [2.75, 3.05) is 6.61 Å². The molecule has 0 bridgehead atoms. The van der Waals surface area contributed by atoms with E-state index in [1.807, 2.05) is 0 Å². The average molecular weight is 541 g/mol. The molecule has 0 aliphatic heterocycles. The van der Waals surface area contributed by atoms with Gasteiger partial charge >= 0.3 is 0 Å². The van der Waals surface area contributed by atoms with Gasteiger partial charge in [-0.05, 0) is 67.7 Å². The number of ether oxygens (including phenoxy) is 1. The molecule has 24 heavy (non-hydrogen) atoms. The van der Waals surface area contributed by atoms with Crippen molar-refractivity contribution in [1.82, 2.24) is 0 Å². The molecule has 1 aromatic rings. The second-order valence-corrected chi connectivity index (χ2v) is 30.5. The van der Waals surface area contributed by atoms with Gasteiger partial charge in [0.2, 0.25) is 0 Å². The summed E-state index contributed by atoms with van der Waals surface area (Å²) in [5.41, 5.74) is 1.51. The van der Waals surface area contributed by atoms with Crippen LogP contribution in [0.4, 0.5) is 0 Å². The van der Waals surface area contributed by atoms with Crippen molar-refractivity contribution in [3.05, 3.63) is 29.8 Å². The molecule has 0 atom stereocenters. The lowest BCUT2D eigenvalue weighted by atomic mass is 9.77. The van der Waals surface area contributed by atoms with E-state index in [0.717, 1.165) is 36.7 Å². The quantitative estimate of drug-likeness (QED) is 0.175. The zero-order valence-corrected chi connectivity index (χ0v) is 20.3. The Hall–Kier alpha value is 0.677. The van der Waals surface area contributed by atoms with E-state index in [1.54, 1.807) is 0 Å². The molecule has 0 N–H and O–H groups in total. The molecule has 0 aromatic heterocycles. The first kappa shape index (κ1) is 21.0. The third-order valence-corrected chi connectivity index (χ3v) is 9.51. The van der Waals surface area contributed by atoms with Crippen molar-refractivity contribution in [1.29, 1.82) is 0 Å². The fraction of sp³-hybridized carbons (Fsp3) is 0.684. The van der Waals surface area contributed by atoms with Crippen LogP contribution >= 0.6 is 45.9 Å². The molecule has 136 valence electrons. The van der Waals surface area contributed by atoms with E-state index in [1.165, 1.54) is 50.5 Å². The molecule has 0 radical (unpaired) electrons. The lowest BCUT2D eigenvalue weighted by Gasteiger charge is -2.28. The maximum Gasteiger partial charge on any atom is 0.267 e. The summed E-state index contributed by atoms with van der Waals surface area (Å²) in [5.74, 6) is 2.76. The van der Waals surface area contributed by atoms with Crippen molar-refractivity contribution in [3.63, 3.8) is 0 Å². The molecule has 1 aromatic carbocycles. The van der Waals surface area contributed by atoms with Gasteiger partial charge in [-0.3, -0.25) is 0 Å². The Labute approximate surface area is 172 Å². The predicted octanol–water partition coefficient (Wildman–Crippen LogP) is 8.04. The summed E-state index contributed by atoms with van der Waals surface area (Å²) in [5, 5.41) is 0. The van der Waals surface area contributed by atoms with Crippen LogP contribution in [0.5, 0.6) is 5.75 Å². The summed E-state index contributed by atoms with van der Waals surface area (Å²) < 4.78 is 4.44. The fourth-order valence-corrected chi connectivity index (χ4v) is 6.82. The van der Waals surface area contributed by atoms with Crippen molar-refractivity contribution >= 4 is 49.8 Å². The normalized spacial score (nSPS) is 21.7.